The van der Waals surface area contributed by atoms with Crippen LogP contribution in [0, 0.1) is 0 Å². The average Bonchev–Trinajstić information content (AvgIpc) is 2.90. The van der Waals surface area contributed by atoms with E-state index < -0.39 is 0 Å². The molecule has 112 valence electrons. The minimum Gasteiger partial charge on any atom is -0.370 e. The molecule has 0 unspecified atom stereocenters. The van der Waals surface area contributed by atoms with Crippen molar-refractivity contribution >= 4 is 17.4 Å². The zero-order chi connectivity index (χ0) is 15.5. The van der Waals surface area contributed by atoms with Crippen LogP contribution < -0.4 is 10.6 Å². The number of anilines is 2. The van der Waals surface area contributed by atoms with Gasteiger partial charge in [-0.15, -0.1) is 0 Å². The number of amides is 1. The van der Waals surface area contributed by atoms with Crippen LogP contribution in [0.3, 0.4) is 0 Å². The quantitative estimate of drug-likeness (QED) is 0.903. The number of rotatable bonds is 4. The van der Waals surface area contributed by atoms with Crippen LogP contribution in [-0.4, -0.2) is 22.6 Å². The van der Waals surface area contributed by atoms with Gasteiger partial charge in [0.25, 0.3) is 5.91 Å². The number of nitrogens with one attached hydrogen (secondary N) is 2. The van der Waals surface area contributed by atoms with Crippen LogP contribution in [0.2, 0.25) is 0 Å². The van der Waals surface area contributed by atoms with Crippen LogP contribution in [0.15, 0.2) is 29.1 Å². The molecule has 0 fully saturated rings. The fraction of sp³-hybridized carbons (Fsp3) is 0.400. The lowest BCUT2D eigenvalue weighted by Gasteiger charge is -2.20. The summed E-state index contributed by atoms with van der Waals surface area (Å²) in [4.78, 5) is 16.9. The normalized spacial score (nSPS) is 11.2. The van der Waals surface area contributed by atoms with Crippen LogP contribution in [0.5, 0.6) is 0 Å². The SMILES string of the molecule is CCNc1cc(C(=O)Nc2cnoc2)cc(C(C)(C)C)n1. The molecule has 0 radical (unpaired) electrons. The van der Waals surface area contributed by atoms with E-state index in [0.717, 1.165) is 12.2 Å². The minimum atomic E-state index is -0.217. The molecule has 2 heterocycles. The zero-order valence-corrected chi connectivity index (χ0v) is 12.7. The lowest BCUT2D eigenvalue weighted by molar-refractivity contribution is 0.102. The summed E-state index contributed by atoms with van der Waals surface area (Å²) in [5.41, 5.74) is 1.79. The van der Waals surface area contributed by atoms with Gasteiger partial charge in [-0.25, -0.2) is 4.98 Å². The molecule has 2 rings (SSSR count). The van der Waals surface area contributed by atoms with Crippen LogP contribution in [0.1, 0.15) is 43.7 Å². The number of nitrogens with zero attached hydrogens (tertiary/aromatic N) is 2. The van der Waals surface area contributed by atoms with Crippen molar-refractivity contribution in [3.63, 3.8) is 0 Å². The van der Waals surface area contributed by atoms with Crippen molar-refractivity contribution in [3.8, 4) is 0 Å². The summed E-state index contributed by atoms with van der Waals surface area (Å²) in [5.74, 6) is 0.477. The average molecular weight is 288 g/mol. The summed E-state index contributed by atoms with van der Waals surface area (Å²) in [5, 5.41) is 9.45. The number of carbonyl (C=O) groups is 1. The zero-order valence-electron chi connectivity index (χ0n) is 12.7. The molecule has 0 saturated carbocycles. The first kappa shape index (κ1) is 15.0. The molecule has 0 aromatic carbocycles. The molecular weight excluding hydrogens is 268 g/mol. The Labute approximate surface area is 123 Å². The maximum Gasteiger partial charge on any atom is 0.255 e. The molecule has 0 aliphatic rings. The molecule has 0 atom stereocenters. The minimum absolute atomic E-state index is 0.141. The van der Waals surface area contributed by atoms with E-state index in [1.165, 1.54) is 12.5 Å². The van der Waals surface area contributed by atoms with Crippen LogP contribution in [0.25, 0.3) is 0 Å². The molecule has 2 N–H and O–H groups in total. The van der Waals surface area contributed by atoms with Crippen molar-refractivity contribution in [2.24, 2.45) is 0 Å². The van der Waals surface area contributed by atoms with Gasteiger partial charge in [0.2, 0.25) is 0 Å². The van der Waals surface area contributed by atoms with Gasteiger partial charge in [-0.1, -0.05) is 25.9 Å². The summed E-state index contributed by atoms with van der Waals surface area (Å²) in [6.45, 7) is 8.92. The van der Waals surface area contributed by atoms with Crippen molar-refractivity contribution in [2.75, 3.05) is 17.2 Å². The molecule has 0 bridgehead atoms. The van der Waals surface area contributed by atoms with Crippen molar-refractivity contribution in [1.29, 1.82) is 0 Å². The van der Waals surface area contributed by atoms with E-state index in [1.807, 2.05) is 13.0 Å². The molecule has 2 aromatic rings. The number of hydrogen-bond donors (Lipinski definition) is 2. The number of carbonyl (C=O) groups excluding carboxylic acids is 1. The maximum atomic E-state index is 12.3. The van der Waals surface area contributed by atoms with Gasteiger partial charge < -0.3 is 15.2 Å². The van der Waals surface area contributed by atoms with Gasteiger partial charge in [-0.2, -0.15) is 0 Å². The van der Waals surface area contributed by atoms with Crippen molar-refractivity contribution in [3.05, 3.63) is 35.9 Å². The van der Waals surface area contributed by atoms with E-state index in [-0.39, 0.29) is 11.3 Å². The van der Waals surface area contributed by atoms with Crippen molar-refractivity contribution in [2.45, 2.75) is 33.1 Å². The van der Waals surface area contributed by atoms with Gasteiger partial charge in [-0.3, -0.25) is 4.79 Å². The highest BCUT2D eigenvalue weighted by Gasteiger charge is 2.19. The number of hydrogen-bond acceptors (Lipinski definition) is 5. The first-order valence-electron chi connectivity index (χ1n) is 6.87. The fourth-order valence-electron chi connectivity index (χ4n) is 1.79. The van der Waals surface area contributed by atoms with Crippen molar-refractivity contribution < 1.29 is 9.32 Å². The third-order valence-corrected chi connectivity index (χ3v) is 2.90. The second kappa shape index (κ2) is 5.95. The molecule has 6 heteroatoms. The Morgan fingerprint density at radius 2 is 2.10 bits per heavy atom. The van der Waals surface area contributed by atoms with E-state index in [0.29, 0.717) is 17.1 Å². The summed E-state index contributed by atoms with van der Waals surface area (Å²) in [7, 11) is 0. The third kappa shape index (κ3) is 3.81. The predicted octanol–water partition coefficient (Wildman–Crippen LogP) is 3.05. The fourth-order valence-corrected chi connectivity index (χ4v) is 1.79. The van der Waals surface area contributed by atoms with Crippen molar-refractivity contribution in [1.82, 2.24) is 10.1 Å². The highest BCUT2D eigenvalue weighted by molar-refractivity contribution is 6.04. The monoisotopic (exact) mass is 288 g/mol. The lowest BCUT2D eigenvalue weighted by Crippen LogP contribution is -2.18. The standard InChI is InChI=1S/C15H20N4O2/c1-5-16-13-7-10(6-12(19-13)15(2,3)4)14(20)18-11-8-17-21-9-11/h6-9H,5H2,1-4H3,(H,16,19)(H,18,20). The summed E-state index contributed by atoms with van der Waals surface area (Å²) in [6, 6.07) is 3.55. The number of aromatic nitrogens is 2. The highest BCUT2D eigenvalue weighted by Crippen LogP contribution is 2.24. The van der Waals surface area contributed by atoms with E-state index in [2.05, 4.69) is 41.5 Å². The molecule has 0 aliphatic heterocycles. The topological polar surface area (TPSA) is 80.0 Å². The first-order chi connectivity index (χ1) is 9.90. The molecule has 1 amide bonds. The second-order valence-corrected chi connectivity index (χ2v) is 5.77. The molecule has 0 spiro atoms. The largest absolute Gasteiger partial charge is 0.370 e. The summed E-state index contributed by atoms with van der Waals surface area (Å²) < 4.78 is 4.70. The molecule has 6 nitrogen and oxygen atoms in total. The highest BCUT2D eigenvalue weighted by atomic mass is 16.5. The van der Waals surface area contributed by atoms with Gasteiger partial charge in [0.15, 0.2) is 0 Å². The van der Waals surface area contributed by atoms with E-state index >= 15 is 0 Å². The molecular formula is C15H20N4O2. The molecule has 2 aromatic heterocycles. The van der Waals surface area contributed by atoms with Crippen LogP contribution in [-0.2, 0) is 5.41 Å². The Morgan fingerprint density at radius 3 is 2.67 bits per heavy atom. The number of pyridine rings is 1. The molecule has 0 aliphatic carbocycles. The lowest BCUT2D eigenvalue weighted by atomic mass is 9.90. The van der Waals surface area contributed by atoms with Gasteiger partial charge in [-0.05, 0) is 19.1 Å². The third-order valence-electron chi connectivity index (χ3n) is 2.90. The summed E-state index contributed by atoms with van der Waals surface area (Å²) >= 11 is 0. The Bertz CT molecular complexity index is 615. The Balaban J connectivity index is 2.33. The Morgan fingerprint density at radius 1 is 1.33 bits per heavy atom. The first-order valence-corrected chi connectivity index (χ1v) is 6.87. The smallest absolute Gasteiger partial charge is 0.255 e. The molecule has 0 saturated heterocycles. The maximum absolute atomic E-state index is 12.3. The van der Waals surface area contributed by atoms with Gasteiger partial charge in [0.1, 0.15) is 17.8 Å². The second-order valence-electron chi connectivity index (χ2n) is 5.77. The Hall–Kier alpha value is -2.37. The van der Waals surface area contributed by atoms with E-state index in [9.17, 15) is 4.79 Å². The van der Waals surface area contributed by atoms with Gasteiger partial charge >= 0.3 is 0 Å². The Kier molecular flexibility index (Phi) is 4.26. The van der Waals surface area contributed by atoms with Gasteiger partial charge in [0.05, 0.1) is 6.20 Å². The predicted molar refractivity (Wildman–Crippen MR) is 81.6 cm³/mol. The van der Waals surface area contributed by atoms with E-state index in [1.54, 1.807) is 6.07 Å². The van der Waals surface area contributed by atoms with Crippen LogP contribution >= 0.6 is 0 Å². The van der Waals surface area contributed by atoms with Gasteiger partial charge in [0, 0.05) is 23.2 Å². The molecule has 21 heavy (non-hydrogen) atoms. The summed E-state index contributed by atoms with van der Waals surface area (Å²) in [6.07, 6.45) is 2.84. The van der Waals surface area contributed by atoms with Crippen LogP contribution in [0.4, 0.5) is 11.5 Å². The van der Waals surface area contributed by atoms with E-state index in [4.69, 9.17) is 4.52 Å².